The molecular weight excluding hydrogens is 292 g/mol. The van der Waals surface area contributed by atoms with Gasteiger partial charge < -0.3 is 5.11 Å². The second kappa shape index (κ2) is 8.41. The maximum absolute atomic E-state index is 10.6. The van der Waals surface area contributed by atoms with Crippen LogP contribution in [0.1, 0.15) is 18.9 Å². The lowest BCUT2D eigenvalue weighted by Crippen LogP contribution is -2.36. The van der Waals surface area contributed by atoms with Crippen molar-refractivity contribution >= 4 is 11.8 Å². The van der Waals surface area contributed by atoms with Crippen LogP contribution in [0.3, 0.4) is 0 Å². The Bertz CT molecular complexity index is 618. The quantitative estimate of drug-likeness (QED) is 0.620. The van der Waals surface area contributed by atoms with Crippen LogP contribution in [-0.2, 0) is 0 Å². The Morgan fingerprint density at radius 3 is 2.61 bits per heavy atom. The third kappa shape index (κ3) is 4.87. The van der Waals surface area contributed by atoms with Crippen molar-refractivity contribution in [3.63, 3.8) is 0 Å². The molecule has 23 heavy (non-hydrogen) atoms. The third-order valence-electron chi connectivity index (χ3n) is 3.94. The van der Waals surface area contributed by atoms with Crippen LogP contribution < -0.4 is 0 Å². The molecule has 0 unspecified atom stereocenters. The van der Waals surface area contributed by atoms with Crippen LogP contribution in [0.5, 0.6) is 0 Å². The van der Waals surface area contributed by atoms with E-state index in [1.807, 2.05) is 12.2 Å². The first-order valence-corrected chi connectivity index (χ1v) is 7.80. The van der Waals surface area contributed by atoms with Gasteiger partial charge in [0.05, 0.1) is 11.5 Å². The van der Waals surface area contributed by atoms with Gasteiger partial charge in [-0.3, -0.25) is 15.0 Å². The summed E-state index contributed by atoms with van der Waals surface area (Å²) in [7, 11) is 0. The molecule has 0 spiro atoms. The van der Waals surface area contributed by atoms with Crippen LogP contribution >= 0.6 is 0 Å². The number of nitro groups is 1. The summed E-state index contributed by atoms with van der Waals surface area (Å²) in [5.74, 6) is 0. The Hall–Kier alpha value is -2.24. The van der Waals surface area contributed by atoms with Crippen LogP contribution in [0.15, 0.2) is 54.1 Å². The van der Waals surface area contributed by atoms with E-state index in [9.17, 15) is 10.1 Å². The van der Waals surface area contributed by atoms with E-state index in [1.54, 1.807) is 12.1 Å². The van der Waals surface area contributed by atoms with Crippen molar-refractivity contribution in [1.82, 2.24) is 4.90 Å². The highest BCUT2D eigenvalue weighted by molar-refractivity contribution is 5.56. The van der Waals surface area contributed by atoms with Crippen molar-refractivity contribution in [2.24, 2.45) is 0 Å². The van der Waals surface area contributed by atoms with Gasteiger partial charge in [-0.25, -0.2) is 0 Å². The number of aliphatic hydroxyl groups is 1. The number of allylic oxidation sites excluding steroid dienone is 3. The van der Waals surface area contributed by atoms with Crippen molar-refractivity contribution in [3.05, 3.63) is 69.8 Å². The van der Waals surface area contributed by atoms with E-state index in [0.717, 1.165) is 24.1 Å². The van der Waals surface area contributed by atoms with Gasteiger partial charge >= 0.3 is 0 Å². The number of aliphatic hydroxyl groups excluding tert-OH is 1. The van der Waals surface area contributed by atoms with E-state index in [1.165, 1.54) is 12.1 Å². The minimum atomic E-state index is -0.397. The summed E-state index contributed by atoms with van der Waals surface area (Å²) in [5, 5.41) is 19.7. The second-order valence-electron chi connectivity index (χ2n) is 5.40. The minimum absolute atomic E-state index is 0.102. The molecule has 1 aliphatic rings. The molecule has 0 saturated heterocycles. The zero-order valence-electron chi connectivity index (χ0n) is 13.3. The van der Waals surface area contributed by atoms with Crippen LogP contribution in [0, 0.1) is 10.1 Å². The highest BCUT2D eigenvalue weighted by Gasteiger charge is 2.14. The van der Waals surface area contributed by atoms with Crippen LogP contribution in [0.2, 0.25) is 0 Å². The number of rotatable bonds is 7. The van der Waals surface area contributed by atoms with Crippen LogP contribution in [-0.4, -0.2) is 40.7 Å². The summed E-state index contributed by atoms with van der Waals surface area (Å²) >= 11 is 0. The number of non-ortho nitro benzene ring substituents is 1. The first-order chi connectivity index (χ1) is 11.1. The Labute approximate surface area is 136 Å². The number of hydrogen-bond acceptors (Lipinski definition) is 4. The molecule has 2 rings (SSSR count). The molecule has 1 aromatic carbocycles. The predicted octanol–water partition coefficient (Wildman–Crippen LogP) is 3.18. The van der Waals surface area contributed by atoms with E-state index in [4.69, 9.17) is 5.11 Å². The fourth-order valence-electron chi connectivity index (χ4n) is 2.61. The van der Waals surface area contributed by atoms with E-state index in [-0.39, 0.29) is 12.3 Å². The van der Waals surface area contributed by atoms with Gasteiger partial charge in [0.1, 0.15) is 0 Å². The summed E-state index contributed by atoms with van der Waals surface area (Å²) in [5.41, 5.74) is 2.16. The second-order valence-corrected chi connectivity index (χ2v) is 5.40. The van der Waals surface area contributed by atoms with Gasteiger partial charge in [0.15, 0.2) is 0 Å². The van der Waals surface area contributed by atoms with Crippen molar-refractivity contribution < 1.29 is 10.0 Å². The van der Waals surface area contributed by atoms with Crippen molar-refractivity contribution in [2.75, 3.05) is 19.7 Å². The molecule has 0 fully saturated rings. The zero-order chi connectivity index (χ0) is 16.7. The molecule has 0 bridgehead atoms. The topological polar surface area (TPSA) is 66.6 Å². The average Bonchev–Trinajstić information content (AvgIpc) is 2.59. The normalized spacial score (nSPS) is 17.7. The van der Waals surface area contributed by atoms with Crippen molar-refractivity contribution in [3.8, 4) is 0 Å². The summed E-state index contributed by atoms with van der Waals surface area (Å²) in [6.45, 7) is 3.87. The molecule has 0 aromatic heterocycles. The molecule has 122 valence electrons. The molecule has 1 N–H and O–H groups in total. The smallest absolute Gasteiger partial charge is 0.269 e. The van der Waals surface area contributed by atoms with Gasteiger partial charge in [-0.2, -0.15) is 0 Å². The molecule has 1 aliphatic carbocycles. The Balaban J connectivity index is 1.95. The number of hydrogen-bond donors (Lipinski definition) is 1. The summed E-state index contributed by atoms with van der Waals surface area (Å²) < 4.78 is 0. The Morgan fingerprint density at radius 2 is 2.09 bits per heavy atom. The minimum Gasteiger partial charge on any atom is -0.395 e. The van der Waals surface area contributed by atoms with E-state index >= 15 is 0 Å². The molecule has 0 heterocycles. The maximum atomic E-state index is 10.6. The fraction of sp³-hybridized carbons (Fsp3) is 0.333. The van der Waals surface area contributed by atoms with Gasteiger partial charge in [-0.05, 0) is 36.2 Å². The Morgan fingerprint density at radius 1 is 1.35 bits per heavy atom. The van der Waals surface area contributed by atoms with Gasteiger partial charge in [0, 0.05) is 24.7 Å². The molecule has 0 amide bonds. The molecule has 5 heteroatoms. The molecular formula is C18H22N2O3. The highest BCUT2D eigenvalue weighted by atomic mass is 16.6. The maximum Gasteiger partial charge on any atom is 0.269 e. The Kier molecular flexibility index (Phi) is 6.26. The van der Waals surface area contributed by atoms with Crippen molar-refractivity contribution in [2.45, 2.75) is 19.4 Å². The number of likely N-dealkylation sites (N-methyl/N-ethyl adjacent to an activating group) is 1. The predicted molar refractivity (Wildman–Crippen MR) is 92.1 cm³/mol. The molecule has 1 aromatic rings. The van der Waals surface area contributed by atoms with Crippen LogP contribution in [0.4, 0.5) is 5.69 Å². The number of nitro benzene ring substituents is 1. The molecule has 1 atom stereocenters. The van der Waals surface area contributed by atoms with Crippen LogP contribution in [0.25, 0.3) is 6.08 Å². The van der Waals surface area contributed by atoms with Gasteiger partial charge in [-0.1, -0.05) is 37.3 Å². The van der Waals surface area contributed by atoms with Gasteiger partial charge in [-0.15, -0.1) is 0 Å². The summed E-state index contributed by atoms with van der Waals surface area (Å²) in [6, 6.07) is 6.84. The lowest BCUT2D eigenvalue weighted by atomic mass is 10.0. The fourth-order valence-corrected chi connectivity index (χ4v) is 2.61. The SMILES string of the molecule is CCN(CCO)[C@H]1C=CC(/C=C/c2ccc([N+](=O)[O-])cc2)=CC1. The first kappa shape index (κ1) is 17.1. The highest BCUT2D eigenvalue weighted by Crippen LogP contribution is 2.18. The molecule has 5 nitrogen and oxygen atoms in total. The standard InChI is InChI=1S/C18H22N2O3/c1-2-19(13-14-21)17-9-5-15(6-10-17)3-4-16-7-11-18(12-8-16)20(22)23/h3-9,11-12,17,21H,2,10,13-14H2,1H3/b4-3+/t17-/m0/s1. The first-order valence-electron chi connectivity index (χ1n) is 7.80. The average molecular weight is 314 g/mol. The van der Waals surface area contributed by atoms with Gasteiger partial charge in [0.25, 0.3) is 5.69 Å². The molecule has 0 radical (unpaired) electrons. The molecule has 0 saturated carbocycles. The largest absolute Gasteiger partial charge is 0.395 e. The molecule has 0 aliphatic heterocycles. The summed E-state index contributed by atoms with van der Waals surface area (Å²) in [4.78, 5) is 12.5. The van der Waals surface area contributed by atoms with Crippen molar-refractivity contribution in [1.29, 1.82) is 0 Å². The van der Waals surface area contributed by atoms with E-state index < -0.39 is 4.92 Å². The van der Waals surface area contributed by atoms with E-state index in [0.29, 0.717) is 12.6 Å². The summed E-state index contributed by atoms with van der Waals surface area (Å²) in [6.07, 6.45) is 11.3. The monoisotopic (exact) mass is 314 g/mol. The third-order valence-corrected chi connectivity index (χ3v) is 3.94. The van der Waals surface area contributed by atoms with Gasteiger partial charge in [0.2, 0.25) is 0 Å². The lowest BCUT2D eigenvalue weighted by molar-refractivity contribution is -0.384. The zero-order valence-corrected chi connectivity index (χ0v) is 13.3. The lowest BCUT2D eigenvalue weighted by Gasteiger charge is -2.28. The number of benzene rings is 1. The van der Waals surface area contributed by atoms with E-state index in [2.05, 4.69) is 30.1 Å². The number of nitrogens with zero attached hydrogens (tertiary/aromatic N) is 2.